The number of aliphatic hydroxyl groups excluding tert-OH is 1. The monoisotopic (exact) mass is 367 g/mol. The molecule has 0 fully saturated rings. The van der Waals surface area contributed by atoms with Crippen LogP contribution in [0.5, 0.6) is 0 Å². The molecule has 0 aliphatic carbocycles. The standard InChI is InChI=1S/C18H26FN3O4/c1-18(2,3)26-17(24)21-9-5-4-6-12(20)15(23)16-22-13-10-11(19)7-8-14(13)25-16/h7-8,10,12,15,23H,4-6,9,20H2,1-3H3,(H,21,24)/t12-,15?/m0/s1. The average molecular weight is 367 g/mol. The van der Waals surface area contributed by atoms with Gasteiger partial charge in [-0.3, -0.25) is 0 Å². The Labute approximate surface area is 151 Å². The normalized spacial score (nSPS) is 14.2. The second-order valence-electron chi connectivity index (χ2n) is 7.20. The Hall–Kier alpha value is -2.19. The fourth-order valence-corrected chi connectivity index (χ4v) is 2.40. The summed E-state index contributed by atoms with van der Waals surface area (Å²) in [4.78, 5) is 15.6. The van der Waals surface area contributed by atoms with Crippen molar-refractivity contribution in [2.45, 2.75) is 57.8 Å². The van der Waals surface area contributed by atoms with Gasteiger partial charge >= 0.3 is 6.09 Å². The molecule has 1 amide bonds. The lowest BCUT2D eigenvalue weighted by atomic mass is 10.0. The fourth-order valence-electron chi connectivity index (χ4n) is 2.40. The van der Waals surface area contributed by atoms with Gasteiger partial charge in [-0.2, -0.15) is 0 Å². The van der Waals surface area contributed by atoms with Crippen molar-refractivity contribution in [3.63, 3.8) is 0 Å². The number of rotatable bonds is 7. The van der Waals surface area contributed by atoms with Crippen LogP contribution in [0.4, 0.5) is 9.18 Å². The van der Waals surface area contributed by atoms with Crippen molar-refractivity contribution in [3.05, 3.63) is 29.9 Å². The molecule has 0 saturated carbocycles. The summed E-state index contributed by atoms with van der Waals surface area (Å²) in [5, 5.41) is 12.9. The number of amides is 1. The number of ether oxygens (including phenoxy) is 1. The van der Waals surface area contributed by atoms with Crippen molar-refractivity contribution >= 4 is 17.2 Å². The molecule has 144 valence electrons. The largest absolute Gasteiger partial charge is 0.444 e. The maximum absolute atomic E-state index is 13.2. The summed E-state index contributed by atoms with van der Waals surface area (Å²) < 4.78 is 23.8. The van der Waals surface area contributed by atoms with Crippen molar-refractivity contribution in [2.24, 2.45) is 5.73 Å². The number of oxazole rings is 1. The summed E-state index contributed by atoms with van der Waals surface area (Å²) in [5.74, 6) is -0.349. The van der Waals surface area contributed by atoms with E-state index < -0.39 is 29.7 Å². The van der Waals surface area contributed by atoms with E-state index in [1.54, 1.807) is 20.8 Å². The van der Waals surface area contributed by atoms with Crippen LogP contribution in [0.1, 0.15) is 52.0 Å². The molecule has 0 radical (unpaired) electrons. The molecule has 2 atom stereocenters. The first kappa shape index (κ1) is 20.1. The highest BCUT2D eigenvalue weighted by molar-refractivity contribution is 5.72. The van der Waals surface area contributed by atoms with Gasteiger partial charge in [-0.05, 0) is 45.7 Å². The summed E-state index contributed by atoms with van der Waals surface area (Å²) in [6, 6.07) is 3.39. The van der Waals surface area contributed by atoms with Gasteiger partial charge in [0.25, 0.3) is 0 Å². The van der Waals surface area contributed by atoms with Gasteiger partial charge in [-0.1, -0.05) is 6.42 Å². The zero-order chi connectivity index (χ0) is 19.3. The van der Waals surface area contributed by atoms with Crippen LogP contribution >= 0.6 is 0 Å². The second-order valence-corrected chi connectivity index (χ2v) is 7.20. The first-order valence-corrected chi connectivity index (χ1v) is 8.62. The number of nitrogens with two attached hydrogens (primary N) is 1. The van der Waals surface area contributed by atoms with Crippen LogP contribution in [0.25, 0.3) is 11.1 Å². The van der Waals surface area contributed by atoms with E-state index in [1.807, 2.05) is 0 Å². The minimum atomic E-state index is -1.08. The zero-order valence-electron chi connectivity index (χ0n) is 15.3. The third-order valence-electron chi connectivity index (χ3n) is 3.66. The molecule has 0 aliphatic rings. The SMILES string of the molecule is CC(C)(C)OC(=O)NCCCC[C@H](N)C(O)c1nc2cc(F)ccc2o1. The average Bonchev–Trinajstić information content (AvgIpc) is 2.94. The molecule has 0 saturated heterocycles. The van der Waals surface area contributed by atoms with E-state index in [-0.39, 0.29) is 5.89 Å². The number of unbranched alkanes of at least 4 members (excludes halogenated alkanes) is 1. The van der Waals surface area contributed by atoms with Crippen molar-refractivity contribution in [1.82, 2.24) is 10.3 Å². The van der Waals surface area contributed by atoms with E-state index in [0.717, 1.165) is 0 Å². The first-order valence-electron chi connectivity index (χ1n) is 8.62. The molecule has 2 aromatic rings. The van der Waals surface area contributed by atoms with E-state index in [2.05, 4.69) is 10.3 Å². The zero-order valence-corrected chi connectivity index (χ0v) is 15.3. The number of halogens is 1. The molecule has 7 nitrogen and oxygen atoms in total. The molecule has 1 aromatic heterocycles. The van der Waals surface area contributed by atoms with Crippen molar-refractivity contribution in [1.29, 1.82) is 0 Å². The first-order chi connectivity index (χ1) is 12.2. The van der Waals surface area contributed by atoms with Crippen LogP contribution in [0.15, 0.2) is 22.6 Å². The van der Waals surface area contributed by atoms with E-state index in [1.165, 1.54) is 18.2 Å². The van der Waals surface area contributed by atoms with Gasteiger partial charge in [0, 0.05) is 18.7 Å². The number of nitrogens with zero attached hydrogens (tertiary/aromatic N) is 1. The third-order valence-corrected chi connectivity index (χ3v) is 3.66. The van der Waals surface area contributed by atoms with Gasteiger partial charge in [-0.15, -0.1) is 0 Å². The number of carbonyl (C=O) groups is 1. The highest BCUT2D eigenvalue weighted by Gasteiger charge is 2.22. The number of nitrogens with one attached hydrogen (secondary N) is 1. The Bertz CT molecular complexity index is 742. The van der Waals surface area contributed by atoms with E-state index in [9.17, 15) is 14.3 Å². The van der Waals surface area contributed by atoms with Crippen molar-refractivity contribution in [3.8, 4) is 0 Å². The van der Waals surface area contributed by atoms with Crippen LogP contribution in [0.2, 0.25) is 0 Å². The summed E-state index contributed by atoms with van der Waals surface area (Å²) >= 11 is 0. The number of hydrogen-bond acceptors (Lipinski definition) is 6. The molecule has 2 rings (SSSR count). The number of aliphatic hydroxyl groups is 1. The third kappa shape index (κ3) is 5.96. The summed E-state index contributed by atoms with van der Waals surface area (Å²) in [6.07, 6.45) is 0.371. The molecular weight excluding hydrogens is 341 g/mol. The van der Waals surface area contributed by atoms with Gasteiger partial charge < -0.3 is 25.3 Å². The van der Waals surface area contributed by atoms with Gasteiger partial charge in [0.1, 0.15) is 23.0 Å². The molecule has 0 bridgehead atoms. The van der Waals surface area contributed by atoms with Gasteiger partial charge in [0.15, 0.2) is 5.58 Å². The van der Waals surface area contributed by atoms with Crippen molar-refractivity contribution < 1.29 is 23.4 Å². The number of aromatic nitrogens is 1. The predicted octanol–water partition coefficient (Wildman–Crippen LogP) is 3.02. The van der Waals surface area contributed by atoms with E-state index in [4.69, 9.17) is 14.9 Å². The van der Waals surface area contributed by atoms with Crippen LogP contribution in [0.3, 0.4) is 0 Å². The Morgan fingerprint density at radius 1 is 1.42 bits per heavy atom. The summed E-state index contributed by atoms with van der Waals surface area (Å²) in [6.45, 7) is 5.86. The molecule has 4 N–H and O–H groups in total. The molecule has 1 aromatic carbocycles. The topological polar surface area (TPSA) is 111 Å². The van der Waals surface area contributed by atoms with Gasteiger partial charge in [-0.25, -0.2) is 14.2 Å². The Balaban J connectivity index is 1.74. The Kier molecular flexibility index (Phi) is 6.55. The van der Waals surface area contributed by atoms with Gasteiger partial charge in [0.2, 0.25) is 5.89 Å². The lowest BCUT2D eigenvalue weighted by molar-refractivity contribution is 0.0526. The fraction of sp³-hybridized carbons (Fsp3) is 0.556. The molecular formula is C18H26FN3O4. The summed E-state index contributed by atoms with van der Waals surface area (Å²) in [5.41, 5.74) is 6.20. The highest BCUT2D eigenvalue weighted by atomic mass is 19.1. The number of hydrogen-bond donors (Lipinski definition) is 3. The minimum Gasteiger partial charge on any atom is -0.444 e. The molecule has 8 heteroatoms. The number of fused-ring (bicyclic) bond motifs is 1. The van der Waals surface area contributed by atoms with Crippen LogP contribution in [-0.2, 0) is 4.74 Å². The minimum absolute atomic E-state index is 0.0741. The van der Waals surface area contributed by atoms with Gasteiger partial charge in [0.05, 0.1) is 0 Å². The number of carbonyl (C=O) groups excluding carboxylic acids is 1. The van der Waals surface area contributed by atoms with Crippen molar-refractivity contribution in [2.75, 3.05) is 6.54 Å². The lowest BCUT2D eigenvalue weighted by Crippen LogP contribution is -2.33. The smallest absolute Gasteiger partial charge is 0.407 e. The summed E-state index contributed by atoms with van der Waals surface area (Å²) in [7, 11) is 0. The van der Waals surface area contributed by atoms with E-state index >= 15 is 0 Å². The predicted molar refractivity (Wildman–Crippen MR) is 95.0 cm³/mol. The quantitative estimate of drug-likeness (QED) is 0.649. The van der Waals surface area contributed by atoms with Crippen LogP contribution < -0.4 is 11.1 Å². The molecule has 0 spiro atoms. The number of benzene rings is 1. The molecule has 0 aliphatic heterocycles. The lowest BCUT2D eigenvalue weighted by Gasteiger charge is -2.20. The molecule has 26 heavy (non-hydrogen) atoms. The highest BCUT2D eigenvalue weighted by Crippen LogP contribution is 2.23. The maximum atomic E-state index is 13.2. The molecule has 1 unspecified atom stereocenters. The maximum Gasteiger partial charge on any atom is 0.407 e. The van der Waals surface area contributed by atoms with Crippen LogP contribution in [-0.4, -0.2) is 34.4 Å². The van der Waals surface area contributed by atoms with E-state index in [0.29, 0.717) is 36.9 Å². The van der Waals surface area contributed by atoms with Crippen LogP contribution in [0, 0.1) is 5.82 Å². The molecule has 1 heterocycles. The Morgan fingerprint density at radius 3 is 2.85 bits per heavy atom. The number of alkyl carbamates (subject to hydrolysis) is 1. The Morgan fingerprint density at radius 2 is 2.15 bits per heavy atom. The second kappa shape index (κ2) is 8.46.